The molecule has 3 N–H and O–H groups in total. The van der Waals surface area contributed by atoms with Crippen molar-refractivity contribution in [2.45, 2.75) is 39.0 Å². The molecule has 0 saturated carbocycles. The first-order chi connectivity index (χ1) is 11.8. The Kier molecular flexibility index (Phi) is 4.39. The minimum atomic E-state index is -0.263. The van der Waals surface area contributed by atoms with E-state index in [2.05, 4.69) is 46.3 Å². The smallest absolute Gasteiger partial charge is 0.270 e. The normalized spacial score (nSPS) is 11.6. The summed E-state index contributed by atoms with van der Waals surface area (Å²) < 4.78 is 0. The summed E-state index contributed by atoms with van der Waals surface area (Å²) in [6, 6.07) is 9.13. The van der Waals surface area contributed by atoms with Gasteiger partial charge in [-0.05, 0) is 12.1 Å². The molecule has 130 valence electrons. The number of carbonyl (C=O) groups excluding carboxylic acids is 1. The number of carbonyl (C=O) groups is 1. The second kappa shape index (κ2) is 6.51. The number of nitrogens with zero attached hydrogens (tertiary/aromatic N) is 2. The predicted molar refractivity (Wildman–Crippen MR) is 96.6 cm³/mol. The van der Waals surface area contributed by atoms with Gasteiger partial charge in [0, 0.05) is 30.0 Å². The largest absolute Gasteiger partial charge is 0.319 e. The first-order valence-corrected chi connectivity index (χ1v) is 8.16. The molecule has 0 bridgehead atoms. The monoisotopic (exact) mass is 339 g/mol. The number of amides is 1. The number of rotatable bonds is 4. The van der Waals surface area contributed by atoms with Gasteiger partial charge in [-0.3, -0.25) is 14.7 Å². The van der Waals surface area contributed by atoms with Crippen LogP contribution < -0.4 is 10.9 Å². The van der Waals surface area contributed by atoms with Crippen molar-refractivity contribution < 1.29 is 4.79 Å². The summed E-state index contributed by atoms with van der Waals surface area (Å²) >= 11 is 0. The summed E-state index contributed by atoms with van der Waals surface area (Å²) in [4.78, 5) is 31.3. The number of hydrogen-bond acceptors (Lipinski definition) is 4. The van der Waals surface area contributed by atoms with E-state index >= 15 is 0 Å². The van der Waals surface area contributed by atoms with Crippen LogP contribution in [-0.4, -0.2) is 26.1 Å². The molecule has 7 heteroatoms. The molecule has 0 fully saturated rings. The summed E-state index contributed by atoms with van der Waals surface area (Å²) in [5.74, 6) is 0.275. The molecular weight excluding hydrogens is 318 g/mol. The lowest BCUT2D eigenvalue weighted by atomic mass is 9.92. The van der Waals surface area contributed by atoms with Crippen molar-refractivity contribution in [3.05, 3.63) is 52.1 Å². The van der Waals surface area contributed by atoms with Crippen LogP contribution in [0.4, 0.5) is 5.82 Å². The van der Waals surface area contributed by atoms with Gasteiger partial charge >= 0.3 is 0 Å². The first kappa shape index (κ1) is 16.9. The Morgan fingerprint density at radius 2 is 2.00 bits per heavy atom. The minimum absolute atomic E-state index is 0.0711. The number of H-pyrrole nitrogens is 2. The molecule has 0 aliphatic rings. The molecule has 0 radical (unpaired) electrons. The van der Waals surface area contributed by atoms with Crippen LogP contribution in [0.1, 0.15) is 38.6 Å². The Morgan fingerprint density at radius 3 is 2.72 bits per heavy atom. The minimum Gasteiger partial charge on any atom is -0.319 e. The van der Waals surface area contributed by atoms with E-state index in [-0.39, 0.29) is 29.7 Å². The average Bonchev–Trinajstić information content (AvgIpc) is 3.01. The van der Waals surface area contributed by atoms with Gasteiger partial charge in [-0.2, -0.15) is 5.10 Å². The second-order valence-electron chi connectivity index (χ2n) is 6.99. The number of aromatic nitrogens is 4. The third-order valence-corrected chi connectivity index (χ3v) is 3.91. The van der Waals surface area contributed by atoms with Gasteiger partial charge in [0.15, 0.2) is 5.82 Å². The molecule has 0 aliphatic carbocycles. The SMILES string of the molecule is CC(C)(C)c1cc(NC(=O)CCc2nc3ccccc3[nH]c2=O)n[nH]1. The van der Waals surface area contributed by atoms with Crippen molar-refractivity contribution in [1.29, 1.82) is 0 Å². The van der Waals surface area contributed by atoms with Crippen molar-refractivity contribution >= 4 is 22.8 Å². The number of hydrogen-bond donors (Lipinski definition) is 3. The van der Waals surface area contributed by atoms with E-state index in [1.54, 1.807) is 6.07 Å². The van der Waals surface area contributed by atoms with Crippen LogP contribution in [-0.2, 0) is 16.6 Å². The fourth-order valence-corrected chi connectivity index (χ4v) is 2.44. The van der Waals surface area contributed by atoms with Crippen molar-refractivity contribution in [3.63, 3.8) is 0 Å². The Bertz CT molecular complexity index is 965. The van der Waals surface area contributed by atoms with E-state index in [1.807, 2.05) is 24.3 Å². The van der Waals surface area contributed by atoms with E-state index in [0.717, 1.165) is 5.69 Å². The van der Waals surface area contributed by atoms with Gasteiger partial charge in [0.1, 0.15) is 5.69 Å². The fourth-order valence-electron chi connectivity index (χ4n) is 2.44. The van der Waals surface area contributed by atoms with Gasteiger partial charge in [0.05, 0.1) is 11.0 Å². The standard InChI is InChI=1S/C18H21N5O2/c1-18(2,3)14-10-15(23-22-14)21-16(24)9-8-13-17(25)20-12-7-5-4-6-11(12)19-13/h4-7,10H,8-9H2,1-3H3,(H,20,25)(H2,21,22,23,24). The number of aromatic amines is 2. The Morgan fingerprint density at radius 1 is 1.24 bits per heavy atom. The number of aryl methyl sites for hydroxylation is 1. The number of benzene rings is 1. The third-order valence-electron chi connectivity index (χ3n) is 3.91. The van der Waals surface area contributed by atoms with Crippen molar-refractivity contribution in [1.82, 2.24) is 20.2 Å². The van der Waals surface area contributed by atoms with Crippen molar-refractivity contribution in [2.75, 3.05) is 5.32 Å². The molecule has 0 atom stereocenters. The molecule has 0 aliphatic heterocycles. The summed E-state index contributed by atoms with van der Waals surface area (Å²) in [5.41, 5.74) is 2.35. The molecule has 1 aromatic carbocycles. The van der Waals surface area contributed by atoms with E-state index in [4.69, 9.17) is 0 Å². The summed E-state index contributed by atoms with van der Waals surface area (Å²) in [7, 11) is 0. The Hall–Kier alpha value is -2.96. The first-order valence-electron chi connectivity index (χ1n) is 8.16. The highest BCUT2D eigenvalue weighted by Gasteiger charge is 2.17. The van der Waals surface area contributed by atoms with Gasteiger partial charge in [-0.25, -0.2) is 4.98 Å². The summed E-state index contributed by atoms with van der Waals surface area (Å²) in [6.45, 7) is 6.18. The molecule has 3 rings (SSSR count). The van der Waals surface area contributed by atoms with Crippen LogP contribution in [0.15, 0.2) is 35.1 Å². The second-order valence-corrected chi connectivity index (χ2v) is 6.99. The number of fused-ring (bicyclic) bond motifs is 1. The third kappa shape index (κ3) is 3.93. The predicted octanol–water partition coefficient (Wildman–Crippen LogP) is 2.51. The number of para-hydroxylation sites is 2. The lowest BCUT2D eigenvalue weighted by molar-refractivity contribution is -0.116. The maximum atomic E-state index is 12.1. The molecule has 25 heavy (non-hydrogen) atoms. The molecular formula is C18H21N5O2. The maximum absolute atomic E-state index is 12.1. The molecule has 0 unspecified atom stereocenters. The van der Waals surface area contributed by atoms with Gasteiger partial charge in [0.2, 0.25) is 5.91 Å². The van der Waals surface area contributed by atoms with Gasteiger partial charge < -0.3 is 10.3 Å². The van der Waals surface area contributed by atoms with Crippen LogP contribution in [0.5, 0.6) is 0 Å². The summed E-state index contributed by atoms with van der Waals surface area (Å²) in [5, 5.41) is 9.76. The van der Waals surface area contributed by atoms with Crippen LogP contribution in [0.3, 0.4) is 0 Å². The van der Waals surface area contributed by atoms with Crippen LogP contribution in [0.2, 0.25) is 0 Å². The molecule has 0 saturated heterocycles. The highest BCUT2D eigenvalue weighted by Crippen LogP contribution is 2.21. The van der Waals surface area contributed by atoms with E-state index in [1.165, 1.54) is 0 Å². The zero-order chi connectivity index (χ0) is 18.0. The highest BCUT2D eigenvalue weighted by molar-refractivity contribution is 5.89. The highest BCUT2D eigenvalue weighted by atomic mass is 16.1. The van der Waals surface area contributed by atoms with Gasteiger partial charge in [-0.1, -0.05) is 32.9 Å². The van der Waals surface area contributed by atoms with E-state index < -0.39 is 0 Å². The van der Waals surface area contributed by atoms with E-state index in [9.17, 15) is 9.59 Å². The number of nitrogens with one attached hydrogen (secondary N) is 3. The topological polar surface area (TPSA) is 104 Å². The molecule has 7 nitrogen and oxygen atoms in total. The Balaban J connectivity index is 1.65. The molecule has 1 amide bonds. The van der Waals surface area contributed by atoms with Crippen molar-refractivity contribution in [2.24, 2.45) is 0 Å². The lowest BCUT2D eigenvalue weighted by Crippen LogP contribution is -2.19. The maximum Gasteiger partial charge on any atom is 0.270 e. The fraction of sp³-hybridized carbons (Fsp3) is 0.333. The summed E-state index contributed by atoms with van der Waals surface area (Å²) in [6.07, 6.45) is 0.425. The van der Waals surface area contributed by atoms with Gasteiger partial charge in [-0.15, -0.1) is 0 Å². The zero-order valence-electron chi connectivity index (χ0n) is 14.5. The molecule has 0 spiro atoms. The Labute approximate surface area is 144 Å². The van der Waals surface area contributed by atoms with Gasteiger partial charge in [0.25, 0.3) is 5.56 Å². The van der Waals surface area contributed by atoms with Crippen molar-refractivity contribution in [3.8, 4) is 0 Å². The van der Waals surface area contributed by atoms with E-state index in [0.29, 0.717) is 22.5 Å². The average molecular weight is 339 g/mol. The lowest BCUT2D eigenvalue weighted by Gasteiger charge is -2.14. The molecule has 2 heterocycles. The van der Waals surface area contributed by atoms with Crippen LogP contribution in [0, 0.1) is 0 Å². The van der Waals surface area contributed by atoms with Crippen LogP contribution in [0.25, 0.3) is 11.0 Å². The van der Waals surface area contributed by atoms with Crippen LogP contribution >= 0.6 is 0 Å². The quantitative estimate of drug-likeness (QED) is 0.679. The number of anilines is 1. The zero-order valence-corrected chi connectivity index (χ0v) is 14.5. The molecule has 3 aromatic rings. The molecule has 2 aromatic heterocycles.